The topological polar surface area (TPSA) is 68.9 Å². The Bertz CT molecular complexity index is 1110. The van der Waals surface area contributed by atoms with Gasteiger partial charge >= 0.3 is 6.03 Å². The largest absolute Gasteiger partial charge is 0.497 e. The van der Waals surface area contributed by atoms with Crippen LogP contribution < -0.4 is 4.74 Å². The third-order valence-corrected chi connectivity index (χ3v) is 6.97. The molecule has 2 aliphatic rings. The molecule has 2 fully saturated rings. The minimum atomic E-state index is -0.736. The number of hydrogen-bond acceptors (Lipinski definition) is 4. The van der Waals surface area contributed by atoms with Crippen molar-refractivity contribution >= 4 is 22.8 Å². The number of H-pyrrole nitrogens is 1. The molecule has 7 nitrogen and oxygen atoms in total. The van der Waals surface area contributed by atoms with Gasteiger partial charge in [0.05, 0.1) is 13.7 Å². The summed E-state index contributed by atoms with van der Waals surface area (Å²) >= 11 is 0. The summed E-state index contributed by atoms with van der Waals surface area (Å²) in [6.45, 7) is 2.64. The van der Waals surface area contributed by atoms with Crippen molar-refractivity contribution in [1.82, 2.24) is 19.7 Å². The average Bonchev–Trinajstić information content (AvgIpc) is 3.30. The summed E-state index contributed by atoms with van der Waals surface area (Å²) in [5.74, 6) is 0.676. The molecule has 0 aliphatic carbocycles. The van der Waals surface area contributed by atoms with Gasteiger partial charge in [0.25, 0.3) is 5.91 Å². The van der Waals surface area contributed by atoms with Crippen molar-refractivity contribution in [3.63, 3.8) is 0 Å². The number of aromatic amines is 1. The summed E-state index contributed by atoms with van der Waals surface area (Å²) in [5.41, 5.74) is 2.49. The number of imide groups is 1. The molecule has 0 saturated carbocycles. The zero-order valence-electron chi connectivity index (χ0n) is 18.5. The molecule has 0 bridgehead atoms. The zero-order valence-corrected chi connectivity index (χ0v) is 18.5. The van der Waals surface area contributed by atoms with Crippen molar-refractivity contribution < 1.29 is 14.3 Å². The molecule has 2 aromatic carbocycles. The number of likely N-dealkylation sites (tertiary alicyclic amines) is 1. The summed E-state index contributed by atoms with van der Waals surface area (Å²) in [6, 6.07) is 17.7. The molecular formula is C25H28N4O3. The van der Waals surface area contributed by atoms with E-state index in [1.807, 2.05) is 36.4 Å². The first-order valence-electron chi connectivity index (χ1n) is 11.0. The first kappa shape index (κ1) is 20.6. The highest BCUT2D eigenvalue weighted by atomic mass is 16.5. The number of urea groups is 1. The van der Waals surface area contributed by atoms with Gasteiger partial charge in [0, 0.05) is 37.9 Å². The molecule has 0 atom stereocenters. The van der Waals surface area contributed by atoms with Crippen LogP contribution in [0, 0.1) is 0 Å². The van der Waals surface area contributed by atoms with Gasteiger partial charge in [-0.3, -0.25) is 14.6 Å². The number of likely N-dealkylation sites (N-methyl/N-ethyl adjacent to an activating group) is 1. The molecule has 1 N–H and O–H groups in total. The van der Waals surface area contributed by atoms with Crippen molar-refractivity contribution in [2.24, 2.45) is 0 Å². The number of nitrogens with zero attached hydrogens (tertiary/aromatic N) is 3. The van der Waals surface area contributed by atoms with Gasteiger partial charge in [-0.1, -0.05) is 30.3 Å². The van der Waals surface area contributed by atoms with Gasteiger partial charge in [-0.2, -0.15) is 0 Å². The van der Waals surface area contributed by atoms with Crippen LogP contribution in [-0.4, -0.2) is 64.4 Å². The van der Waals surface area contributed by atoms with Crippen LogP contribution in [0.3, 0.4) is 0 Å². The minimum Gasteiger partial charge on any atom is -0.497 e. The predicted octanol–water partition coefficient (Wildman–Crippen LogP) is 3.61. The maximum absolute atomic E-state index is 13.4. The van der Waals surface area contributed by atoms with E-state index < -0.39 is 5.54 Å². The van der Waals surface area contributed by atoms with Crippen LogP contribution in [0.1, 0.15) is 24.1 Å². The highest BCUT2D eigenvalue weighted by Crippen LogP contribution is 2.37. The van der Waals surface area contributed by atoms with Crippen molar-refractivity contribution in [2.75, 3.05) is 27.2 Å². The van der Waals surface area contributed by atoms with Gasteiger partial charge in [0.2, 0.25) is 0 Å². The van der Waals surface area contributed by atoms with Crippen LogP contribution in [-0.2, 0) is 17.9 Å². The number of fused-ring (bicyclic) bond motifs is 1. The lowest BCUT2D eigenvalue weighted by atomic mass is 9.86. The number of para-hydroxylation sites is 1. The maximum Gasteiger partial charge on any atom is 0.327 e. The van der Waals surface area contributed by atoms with E-state index in [9.17, 15) is 9.59 Å². The summed E-state index contributed by atoms with van der Waals surface area (Å²) in [5, 5.41) is 1.21. The fourth-order valence-electron chi connectivity index (χ4n) is 4.99. The molecular weight excluding hydrogens is 404 g/mol. The number of piperidine rings is 1. The van der Waals surface area contributed by atoms with E-state index >= 15 is 0 Å². The van der Waals surface area contributed by atoms with Gasteiger partial charge in [-0.25, -0.2) is 4.79 Å². The number of carbonyl (C=O) groups excluding carboxylic acids is 2. The lowest BCUT2D eigenvalue weighted by Crippen LogP contribution is -2.55. The van der Waals surface area contributed by atoms with E-state index in [1.54, 1.807) is 19.1 Å². The number of methoxy groups -OCH3 is 1. The second kappa shape index (κ2) is 7.98. The number of amides is 3. The molecule has 32 heavy (non-hydrogen) atoms. The van der Waals surface area contributed by atoms with Crippen LogP contribution in [0.5, 0.6) is 5.75 Å². The van der Waals surface area contributed by atoms with Crippen molar-refractivity contribution in [2.45, 2.75) is 31.5 Å². The minimum absolute atomic E-state index is 0.0777. The number of aromatic nitrogens is 1. The Labute approximate surface area is 187 Å². The molecule has 1 spiro atoms. The van der Waals surface area contributed by atoms with Gasteiger partial charge < -0.3 is 14.6 Å². The van der Waals surface area contributed by atoms with E-state index in [2.05, 4.69) is 28.1 Å². The van der Waals surface area contributed by atoms with Gasteiger partial charge in [0.15, 0.2) is 0 Å². The van der Waals surface area contributed by atoms with E-state index in [4.69, 9.17) is 4.74 Å². The molecule has 7 heteroatoms. The Morgan fingerprint density at radius 2 is 1.72 bits per heavy atom. The Kier molecular flexibility index (Phi) is 5.13. The second-order valence-electron chi connectivity index (χ2n) is 8.77. The molecule has 0 unspecified atom stereocenters. The van der Waals surface area contributed by atoms with Crippen LogP contribution in [0.4, 0.5) is 4.79 Å². The third kappa shape index (κ3) is 3.42. The third-order valence-electron chi connectivity index (χ3n) is 6.97. The van der Waals surface area contributed by atoms with Crippen LogP contribution in [0.15, 0.2) is 54.6 Å². The smallest absolute Gasteiger partial charge is 0.327 e. The maximum atomic E-state index is 13.4. The Balaban J connectivity index is 1.26. The molecule has 2 aliphatic heterocycles. The van der Waals surface area contributed by atoms with Crippen molar-refractivity contribution in [3.8, 4) is 5.75 Å². The number of nitrogens with one attached hydrogen (secondary N) is 1. The van der Waals surface area contributed by atoms with Gasteiger partial charge in [-0.05, 0) is 48.1 Å². The number of rotatable bonds is 5. The predicted molar refractivity (Wildman–Crippen MR) is 122 cm³/mol. The molecule has 3 amide bonds. The SMILES string of the molecule is COc1ccc(CN2C(=O)N(C)C3(CCN(Cc4cc5ccccc5[nH]4)CC3)C2=O)cc1. The fourth-order valence-corrected chi connectivity index (χ4v) is 4.99. The Morgan fingerprint density at radius 1 is 1.00 bits per heavy atom. The molecule has 3 aromatic rings. The standard InChI is InChI=1S/C25H28N4O3/c1-27-24(31)29(16-18-7-9-21(32-2)10-8-18)23(30)25(27)11-13-28(14-12-25)17-20-15-19-5-3-4-6-22(19)26-20/h3-10,15,26H,11-14,16-17H2,1-2H3. The number of hydrogen-bond donors (Lipinski definition) is 1. The van der Waals surface area contributed by atoms with E-state index in [0.29, 0.717) is 12.8 Å². The van der Waals surface area contributed by atoms with Gasteiger partial charge in [-0.15, -0.1) is 0 Å². The van der Waals surface area contributed by atoms with Crippen LogP contribution in [0.25, 0.3) is 10.9 Å². The summed E-state index contributed by atoms with van der Waals surface area (Å²) in [6.07, 6.45) is 1.29. The lowest BCUT2D eigenvalue weighted by Gasteiger charge is -2.40. The average molecular weight is 433 g/mol. The van der Waals surface area contributed by atoms with E-state index in [0.717, 1.165) is 36.5 Å². The number of benzene rings is 2. The summed E-state index contributed by atoms with van der Waals surface area (Å²) < 4.78 is 5.20. The number of carbonyl (C=O) groups is 2. The molecule has 166 valence electrons. The zero-order chi connectivity index (χ0) is 22.3. The second-order valence-corrected chi connectivity index (χ2v) is 8.77. The Hall–Kier alpha value is -3.32. The van der Waals surface area contributed by atoms with E-state index in [-0.39, 0.29) is 18.5 Å². The first-order valence-corrected chi connectivity index (χ1v) is 11.0. The van der Waals surface area contributed by atoms with Crippen molar-refractivity contribution in [1.29, 1.82) is 0 Å². The summed E-state index contributed by atoms with van der Waals surface area (Å²) in [4.78, 5) is 35.3. The highest BCUT2D eigenvalue weighted by Gasteiger charge is 2.56. The molecule has 3 heterocycles. The highest BCUT2D eigenvalue weighted by molar-refractivity contribution is 6.07. The molecule has 5 rings (SSSR count). The quantitative estimate of drug-likeness (QED) is 0.626. The monoisotopic (exact) mass is 432 g/mol. The normalized spacial score (nSPS) is 18.8. The van der Waals surface area contributed by atoms with Crippen LogP contribution in [0.2, 0.25) is 0 Å². The molecule has 2 saturated heterocycles. The number of ether oxygens (including phenoxy) is 1. The molecule has 0 radical (unpaired) electrons. The lowest BCUT2D eigenvalue weighted by molar-refractivity contribution is -0.135. The summed E-state index contributed by atoms with van der Waals surface area (Å²) in [7, 11) is 3.38. The molecule has 1 aromatic heterocycles. The van der Waals surface area contributed by atoms with Crippen LogP contribution >= 0.6 is 0 Å². The van der Waals surface area contributed by atoms with E-state index in [1.165, 1.54) is 16.0 Å². The fraction of sp³-hybridized carbons (Fsp3) is 0.360. The van der Waals surface area contributed by atoms with Crippen molar-refractivity contribution in [3.05, 3.63) is 65.9 Å². The first-order chi connectivity index (χ1) is 15.5. The van der Waals surface area contributed by atoms with Gasteiger partial charge in [0.1, 0.15) is 11.3 Å². The Morgan fingerprint density at radius 3 is 2.41 bits per heavy atom.